The molecule has 0 amide bonds. The SMILES string of the molecule is C=CC(=O)OCC(COc1ccc(C2(c3ccc(OCC(COC(=O)C=C)OC(=O)c4cc5c(cc4C(=O)O)Sc4cc(C(=O)OC)c(C(=O)O)cc4S5)cc3)c3ccccc3-c3ccccc32)cc1)OC. The highest BCUT2D eigenvalue weighted by Gasteiger charge is 2.46. The number of fused-ring (bicyclic) bond motifs is 5. The standard InChI is InChI=1S/C55H44O15S2/c1-5-49(56)68-28-35(64-3)27-66-33-19-15-31(16-20-33)55(43-13-9-7-11-37(43)38-12-8-10-14-44(38)55)32-17-21-34(22-18-32)67-29-36(30-69-50(57)6-2)70-54(63)42-26-48-46(24-40(42)52(60)61)71-47-25-41(53(62)65-4)39(51(58)59)23-45(47)72-48/h5-26,35-36H,1-2,27-30H2,3-4H3,(H,58,59)(H,60,61). The van der Waals surface area contributed by atoms with Crippen LogP contribution in [0.15, 0.2) is 166 Å². The third-order valence-corrected chi connectivity index (χ3v) is 14.3. The van der Waals surface area contributed by atoms with Crippen molar-refractivity contribution in [3.05, 3.63) is 191 Å². The molecule has 0 fully saturated rings. The number of carboxylic acid groups (broad SMARTS) is 2. The molecular formula is C55H44O15S2. The van der Waals surface area contributed by atoms with Crippen LogP contribution in [0.5, 0.6) is 11.5 Å². The Labute approximate surface area is 421 Å². The quantitative estimate of drug-likeness (QED) is 0.0414. The summed E-state index contributed by atoms with van der Waals surface area (Å²) in [6.45, 7) is 6.18. The molecule has 0 saturated heterocycles. The fraction of sp³-hybridized carbons (Fsp3) is 0.164. The van der Waals surface area contributed by atoms with Crippen LogP contribution in [0.3, 0.4) is 0 Å². The molecule has 6 aromatic carbocycles. The molecule has 1 aliphatic heterocycles. The van der Waals surface area contributed by atoms with E-state index in [0.29, 0.717) is 31.1 Å². The maximum absolute atomic E-state index is 14.0. The number of esters is 4. The van der Waals surface area contributed by atoms with Gasteiger partial charge < -0.3 is 43.4 Å². The molecule has 15 nitrogen and oxygen atoms in total. The Balaban J connectivity index is 1.05. The Morgan fingerprint density at radius 3 is 1.36 bits per heavy atom. The summed E-state index contributed by atoms with van der Waals surface area (Å²) in [6.07, 6.45) is 0.276. The molecule has 0 radical (unpaired) electrons. The fourth-order valence-corrected chi connectivity index (χ4v) is 10.8. The van der Waals surface area contributed by atoms with E-state index in [9.17, 15) is 39.0 Å². The minimum absolute atomic E-state index is 0.00746. The summed E-state index contributed by atoms with van der Waals surface area (Å²) in [5.74, 6) is -5.10. The number of ether oxygens (including phenoxy) is 7. The highest BCUT2D eigenvalue weighted by molar-refractivity contribution is 8.05. The molecule has 2 aliphatic rings. The van der Waals surface area contributed by atoms with Crippen LogP contribution >= 0.6 is 23.5 Å². The summed E-state index contributed by atoms with van der Waals surface area (Å²) < 4.78 is 38.7. The lowest BCUT2D eigenvalue weighted by Gasteiger charge is -2.34. The monoisotopic (exact) mass is 1010 g/mol. The van der Waals surface area contributed by atoms with Gasteiger partial charge in [-0.15, -0.1) is 0 Å². The van der Waals surface area contributed by atoms with Crippen LogP contribution in [0.2, 0.25) is 0 Å². The Morgan fingerprint density at radius 2 is 0.944 bits per heavy atom. The first-order valence-electron chi connectivity index (χ1n) is 22.0. The summed E-state index contributed by atoms with van der Waals surface area (Å²) in [5.41, 5.74) is 4.11. The first-order chi connectivity index (χ1) is 34.8. The van der Waals surface area contributed by atoms with Crippen LogP contribution in [0.1, 0.15) is 63.7 Å². The number of benzene rings is 6. The molecule has 2 unspecified atom stereocenters. The van der Waals surface area contributed by atoms with Gasteiger partial charge in [0.2, 0.25) is 0 Å². The number of hydrogen-bond acceptors (Lipinski definition) is 15. The van der Waals surface area contributed by atoms with Gasteiger partial charge in [0.25, 0.3) is 0 Å². The van der Waals surface area contributed by atoms with Crippen molar-refractivity contribution in [2.75, 3.05) is 40.6 Å². The van der Waals surface area contributed by atoms with Crippen molar-refractivity contribution in [1.82, 2.24) is 0 Å². The summed E-state index contributed by atoms with van der Waals surface area (Å²) in [6, 6.07) is 36.9. The van der Waals surface area contributed by atoms with Crippen molar-refractivity contribution >= 4 is 59.3 Å². The van der Waals surface area contributed by atoms with Crippen molar-refractivity contribution < 1.29 is 72.1 Å². The van der Waals surface area contributed by atoms with E-state index in [0.717, 1.165) is 76.2 Å². The Bertz CT molecular complexity index is 3080. The second kappa shape index (κ2) is 21.9. The molecule has 0 aromatic heterocycles. The van der Waals surface area contributed by atoms with Gasteiger partial charge in [0.15, 0.2) is 6.10 Å². The second-order valence-corrected chi connectivity index (χ2v) is 18.2. The molecule has 0 spiro atoms. The zero-order chi connectivity index (χ0) is 51.1. The molecule has 0 saturated carbocycles. The van der Waals surface area contributed by atoms with Gasteiger partial charge in [-0.1, -0.05) is 109 Å². The van der Waals surface area contributed by atoms with Crippen molar-refractivity contribution in [3.8, 4) is 22.6 Å². The first kappa shape index (κ1) is 50.3. The number of hydrogen-bond donors (Lipinski definition) is 2. The molecule has 72 heavy (non-hydrogen) atoms. The van der Waals surface area contributed by atoms with Crippen molar-refractivity contribution in [2.24, 2.45) is 0 Å². The van der Waals surface area contributed by atoms with Gasteiger partial charge in [-0.3, -0.25) is 0 Å². The predicted molar refractivity (Wildman–Crippen MR) is 263 cm³/mol. The molecule has 1 aliphatic carbocycles. The molecule has 2 atom stereocenters. The van der Waals surface area contributed by atoms with E-state index in [1.807, 2.05) is 60.7 Å². The number of aromatic carboxylic acids is 2. The molecule has 6 aromatic rings. The summed E-state index contributed by atoms with van der Waals surface area (Å²) in [4.78, 5) is 76.7. The first-order valence-corrected chi connectivity index (χ1v) is 23.7. The summed E-state index contributed by atoms with van der Waals surface area (Å²) in [7, 11) is 2.63. The number of methoxy groups -OCH3 is 2. The Kier molecular flexibility index (Phi) is 15.3. The van der Waals surface area contributed by atoms with Gasteiger partial charge in [-0.2, -0.15) is 0 Å². The van der Waals surface area contributed by atoms with Gasteiger partial charge in [0, 0.05) is 38.8 Å². The molecule has 17 heteroatoms. The van der Waals surface area contributed by atoms with E-state index in [2.05, 4.69) is 37.4 Å². The number of rotatable bonds is 20. The molecule has 8 rings (SSSR count). The Hall–Kier alpha value is -8.12. The molecule has 366 valence electrons. The van der Waals surface area contributed by atoms with E-state index in [4.69, 9.17) is 33.2 Å². The molecule has 0 bridgehead atoms. The van der Waals surface area contributed by atoms with Crippen LogP contribution in [-0.2, 0) is 38.7 Å². The molecule has 1 heterocycles. The number of carbonyl (C=O) groups is 6. The fourth-order valence-electron chi connectivity index (χ4n) is 8.47. The lowest BCUT2D eigenvalue weighted by atomic mass is 9.68. The smallest absolute Gasteiger partial charge is 0.339 e. The lowest BCUT2D eigenvalue weighted by molar-refractivity contribution is -0.142. The highest BCUT2D eigenvalue weighted by Crippen LogP contribution is 2.56. The van der Waals surface area contributed by atoms with Gasteiger partial charge in [-0.05, 0) is 81.9 Å². The lowest BCUT2D eigenvalue weighted by Crippen LogP contribution is -2.31. The maximum Gasteiger partial charge on any atom is 0.339 e. The van der Waals surface area contributed by atoms with E-state index < -0.39 is 65.6 Å². The van der Waals surface area contributed by atoms with Gasteiger partial charge in [0.05, 0.1) is 34.8 Å². The average Bonchev–Trinajstić information content (AvgIpc) is 3.70. The Morgan fingerprint density at radius 1 is 0.542 bits per heavy atom. The third-order valence-electron chi connectivity index (χ3n) is 11.9. The largest absolute Gasteiger partial charge is 0.491 e. The van der Waals surface area contributed by atoms with E-state index in [1.54, 1.807) is 12.1 Å². The number of carbonyl (C=O) groups excluding carboxylic acids is 4. The molecular weight excluding hydrogens is 965 g/mol. The third kappa shape index (κ3) is 10.2. The summed E-state index contributed by atoms with van der Waals surface area (Å²) in [5, 5.41) is 20.1. The zero-order valence-electron chi connectivity index (χ0n) is 38.6. The van der Waals surface area contributed by atoms with Crippen LogP contribution in [0.4, 0.5) is 0 Å². The number of carboxylic acids is 2. The molecule has 2 N–H and O–H groups in total. The van der Waals surface area contributed by atoms with Crippen molar-refractivity contribution in [2.45, 2.75) is 37.2 Å². The van der Waals surface area contributed by atoms with Crippen molar-refractivity contribution in [1.29, 1.82) is 0 Å². The van der Waals surface area contributed by atoms with Crippen LogP contribution in [-0.4, -0.2) is 98.9 Å². The van der Waals surface area contributed by atoms with Crippen molar-refractivity contribution in [3.63, 3.8) is 0 Å². The topological polar surface area (TPSA) is 207 Å². The van der Waals surface area contributed by atoms with Gasteiger partial charge in [0.1, 0.15) is 44.0 Å². The van der Waals surface area contributed by atoms with Gasteiger partial charge >= 0.3 is 35.8 Å². The minimum Gasteiger partial charge on any atom is -0.491 e. The van der Waals surface area contributed by atoms with Gasteiger partial charge in [-0.25, -0.2) is 28.8 Å². The summed E-state index contributed by atoms with van der Waals surface area (Å²) >= 11 is 2.17. The van der Waals surface area contributed by atoms with Crippen LogP contribution < -0.4 is 9.47 Å². The zero-order valence-corrected chi connectivity index (χ0v) is 40.3. The minimum atomic E-state index is -1.43. The highest BCUT2D eigenvalue weighted by atomic mass is 32.2. The van der Waals surface area contributed by atoms with Crippen LogP contribution in [0, 0.1) is 0 Å². The normalized spacial score (nSPS) is 13.3. The van der Waals surface area contributed by atoms with E-state index in [-0.39, 0.29) is 36.5 Å². The van der Waals surface area contributed by atoms with E-state index in [1.165, 1.54) is 31.4 Å². The average molecular weight is 1010 g/mol. The second-order valence-electron chi connectivity index (χ2n) is 16.1. The maximum atomic E-state index is 14.0. The predicted octanol–water partition coefficient (Wildman–Crippen LogP) is 9.31. The van der Waals surface area contributed by atoms with E-state index >= 15 is 0 Å². The van der Waals surface area contributed by atoms with Crippen LogP contribution in [0.25, 0.3) is 11.1 Å².